The molecule has 0 saturated heterocycles. The molecule has 0 amide bonds. The second-order valence-corrected chi connectivity index (χ2v) is 3.45. The van der Waals surface area contributed by atoms with E-state index in [0.29, 0.717) is 16.8 Å². The maximum atomic E-state index is 13.7. The second kappa shape index (κ2) is 3.96. The summed E-state index contributed by atoms with van der Waals surface area (Å²) in [6.07, 6.45) is 0. The van der Waals surface area contributed by atoms with Gasteiger partial charge < -0.3 is 10.6 Å². The first-order valence-corrected chi connectivity index (χ1v) is 4.95. The quantitative estimate of drug-likeness (QED) is 0.815. The Hall–Kier alpha value is -1.84. The number of benzene rings is 2. The van der Waals surface area contributed by atoms with E-state index in [1.165, 1.54) is 0 Å². The van der Waals surface area contributed by atoms with Crippen molar-refractivity contribution in [1.29, 1.82) is 0 Å². The normalized spacial score (nSPS) is 10.5. The Balaban J connectivity index is 2.92. The predicted molar refractivity (Wildman–Crippen MR) is 63.0 cm³/mol. The van der Waals surface area contributed by atoms with Crippen molar-refractivity contribution in [1.82, 2.24) is 0 Å². The minimum atomic E-state index is -0.848. The van der Waals surface area contributed by atoms with Crippen LogP contribution in [-0.2, 0) is 0 Å². The molecule has 0 fully saturated rings. The molecule has 2 rings (SSSR count). The van der Waals surface area contributed by atoms with Crippen molar-refractivity contribution in [3.8, 4) is 0 Å². The first-order valence-electron chi connectivity index (χ1n) is 4.95. The lowest BCUT2D eigenvalue weighted by Crippen LogP contribution is -1.98. The molecule has 0 spiro atoms. The Morgan fingerprint density at radius 3 is 2.31 bits per heavy atom. The Kier molecular flexibility index (Phi) is 2.64. The van der Waals surface area contributed by atoms with Crippen LogP contribution in [0.2, 0.25) is 0 Å². The summed E-state index contributed by atoms with van der Waals surface area (Å²) >= 11 is 0. The highest BCUT2D eigenvalue weighted by atomic mass is 19.2. The second-order valence-electron chi connectivity index (χ2n) is 3.45. The summed E-state index contributed by atoms with van der Waals surface area (Å²) < 4.78 is 27.1. The van der Waals surface area contributed by atoms with Gasteiger partial charge in [-0.05, 0) is 6.07 Å². The topological polar surface area (TPSA) is 24.1 Å². The SMILES string of the molecule is CNc1cc(F)c(F)c2c(NC)cccc12. The van der Waals surface area contributed by atoms with Crippen LogP contribution in [0.5, 0.6) is 0 Å². The largest absolute Gasteiger partial charge is 0.388 e. The van der Waals surface area contributed by atoms with Gasteiger partial charge in [0.1, 0.15) is 0 Å². The van der Waals surface area contributed by atoms with Crippen molar-refractivity contribution in [2.75, 3.05) is 24.7 Å². The smallest absolute Gasteiger partial charge is 0.168 e. The van der Waals surface area contributed by atoms with Gasteiger partial charge in [-0.1, -0.05) is 12.1 Å². The average molecular weight is 222 g/mol. The molecule has 0 aromatic heterocycles. The average Bonchev–Trinajstić information content (AvgIpc) is 2.32. The highest BCUT2D eigenvalue weighted by molar-refractivity contribution is 6.01. The van der Waals surface area contributed by atoms with Gasteiger partial charge in [0.05, 0.1) is 0 Å². The van der Waals surface area contributed by atoms with Crippen LogP contribution in [0.4, 0.5) is 20.2 Å². The molecule has 16 heavy (non-hydrogen) atoms. The summed E-state index contributed by atoms with van der Waals surface area (Å²) in [4.78, 5) is 0. The molecule has 2 N–H and O–H groups in total. The lowest BCUT2D eigenvalue weighted by molar-refractivity contribution is 0.517. The molecule has 2 aromatic carbocycles. The van der Waals surface area contributed by atoms with Crippen LogP contribution in [0.3, 0.4) is 0 Å². The molecule has 0 aliphatic rings. The van der Waals surface area contributed by atoms with E-state index in [1.807, 2.05) is 0 Å². The number of rotatable bonds is 2. The van der Waals surface area contributed by atoms with Crippen LogP contribution in [0.25, 0.3) is 10.8 Å². The lowest BCUT2D eigenvalue weighted by atomic mass is 10.1. The van der Waals surface area contributed by atoms with Crippen LogP contribution in [0.15, 0.2) is 24.3 Å². The maximum Gasteiger partial charge on any atom is 0.168 e. The summed E-state index contributed by atoms with van der Waals surface area (Å²) in [7, 11) is 3.36. The van der Waals surface area contributed by atoms with Gasteiger partial charge in [0.25, 0.3) is 0 Å². The zero-order valence-corrected chi connectivity index (χ0v) is 9.07. The van der Waals surface area contributed by atoms with Crippen LogP contribution in [0, 0.1) is 11.6 Å². The summed E-state index contributed by atoms with van der Waals surface area (Å²) in [5.74, 6) is -1.67. The Labute approximate surface area is 92.3 Å². The molecular weight excluding hydrogens is 210 g/mol. The van der Waals surface area contributed by atoms with Gasteiger partial charge in [-0.3, -0.25) is 0 Å². The van der Waals surface area contributed by atoms with E-state index < -0.39 is 11.6 Å². The lowest BCUT2D eigenvalue weighted by Gasteiger charge is -2.11. The molecule has 0 radical (unpaired) electrons. The van der Waals surface area contributed by atoms with E-state index in [9.17, 15) is 8.78 Å². The standard InChI is InChI=1S/C12H12F2N2/c1-15-9-5-3-4-7-10(16-2)6-8(13)12(14)11(7)9/h3-6,15-16H,1-2H3. The molecule has 4 heteroatoms. The van der Waals surface area contributed by atoms with Gasteiger partial charge in [-0.2, -0.15) is 0 Å². The minimum absolute atomic E-state index is 0.273. The number of anilines is 2. The Morgan fingerprint density at radius 1 is 1.00 bits per heavy atom. The van der Waals surface area contributed by atoms with Crippen LogP contribution in [0.1, 0.15) is 0 Å². The summed E-state index contributed by atoms with van der Waals surface area (Å²) in [5.41, 5.74) is 1.15. The number of halogens is 2. The van der Waals surface area contributed by atoms with E-state index in [0.717, 1.165) is 6.07 Å². The molecule has 0 unspecified atom stereocenters. The summed E-state index contributed by atoms with van der Waals surface area (Å²) in [5, 5.41) is 6.64. The molecule has 84 valence electrons. The first-order chi connectivity index (χ1) is 7.69. The minimum Gasteiger partial charge on any atom is -0.388 e. The number of nitrogens with one attached hydrogen (secondary N) is 2. The van der Waals surface area contributed by atoms with Gasteiger partial charge in [-0.25, -0.2) is 8.78 Å². The van der Waals surface area contributed by atoms with E-state index in [-0.39, 0.29) is 5.39 Å². The third-order valence-electron chi connectivity index (χ3n) is 2.59. The highest BCUT2D eigenvalue weighted by Crippen LogP contribution is 2.32. The molecule has 0 aliphatic heterocycles. The van der Waals surface area contributed by atoms with Crippen molar-refractivity contribution in [3.05, 3.63) is 35.9 Å². The zero-order valence-electron chi connectivity index (χ0n) is 9.07. The fourth-order valence-electron chi connectivity index (χ4n) is 1.82. The number of hydrogen-bond donors (Lipinski definition) is 2. The van der Waals surface area contributed by atoms with Gasteiger partial charge in [-0.15, -0.1) is 0 Å². The molecule has 0 atom stereocenters. The fourth-order valence-corrected chi connectivity index (χ4v) is 1.82. The molecule has 0 bridgehead atoms. The van der Waals surface area contributed by atoms with Gasteiger partial charge >= 0.3 is 0 Å². The van der Waals surface area contributed by atoms with E-state index in [2.05, 4.69) is 10.6 Å². The van der Waals surface area contributed by atoms with Crippen molar-refractivity contribution in [3.63, 3.8) is 0 Å². The molecule has 0 heterocycles. The number of hydrogen-bond acceptors (Lipinski definition) is 2. The number of fused-ring (bicyclic) bond motifs is 1. The monoisotopic (exact) mass is 222 g/mol. The van der Waals surface area contributed by atoms with Crippen molar-refractivity contribution in [2.45, 2.75) is 0 Å². The van der Waals surface area contributed by atoms with Gasteiger partial charge in [0.15, 0.2) is 11.6 Å². The molecule has 2 aromatic rings. The van der Waals surface area contributed by atoms with Gasteiger partial charge in [0.2, 0.25) is 0 Å². The molecule has 0 aliphatic carbocycles. The Morgan fingerprint density at radius 2 is 1.69 bits per heavy atom. The molecule has 2 nitrogen and oxygen atoms in total. The van der Waals surface area contributed by atoms with E-state index in [4.69, 9.17) is 0 Å². The Bertz CT molecular complexity index is 536. The van der Waals surface area contributed by atoms with Crippen LogP contribution in [-0.4, -0.2) is 14.1 Å². The third-order valence-corrected chi connectivity index (χ3v) is 2.59. The summed E-state index contributed by atoms with van der Waals surface area (Å²) in [6, 6.07) is 6.43. The first kappa shape index (κ1) is 10.7. The molecular formula is C12H12F2N2. The van der Waals surface area contributed by atoms with Crippen LogP contribution < -0.4 is 10.6 Å². The van der Waals surface area contributed by atoms with E-state index >= 15 is 0 Å². The van der Waals surface area contributed by atoms with Crippen molar-refractivity contribution in [2.24, 2.45) is 0 Å². The fraction of sp³-hybridized carbons (Fsp3) is 0.167. The van der Waals surface area contributed by atoms with Crippen LogP contribution >= 0.6 is 0 Å². The molecule has 0 saturated carbocycles. The van der Waals surface area contributed by atoms with Crippen molar-refractivity contribution >= 4 is 22.1 Å². The highest BCUT2D eigenvalue weighted by Gasteiger charge is 2.13. The van der Waals surface area contributed by atoms with Crippen molar-refractivity contribution < 1.29 is 8.78 Å². The summed E-state index contributed by atoms with van der Waals surface area (Å²) in [6.45, 7) is 0. The third kappa shape index (κ3) is 1.46. The maximum absolute atomic E-state index is 13.7. The van der Waals surface area contributed by atoms with E-state index in [1.54, 1.807) is 32.3 Å². The zero-order chi connectivity index (χ0) is 11.7. The predicted octanol–water partition coefficient (Wildman–Crippen LogP) is 3.20. The van der Waals surface area contributed by atoms with Gasteiger partial charge in [0, 0.05) is 42.3 Å².